The molecule has 0 atom stereocenters. The van der Waals surface area contributed by atoms with Gasteiger partial charge in [-0.25, -0.2) is 4.68 Å². The minimum Gasteiger partial charge on any atom is -0.361 e. The minimum atomic E-state index is 0.634. The highest BCUT2D eigenvalue weighted by Crippen LogP contribution is 2.16. The van der Waals surface area contributed by atoms with Crippen molar-refractivity contribution in [1.29, 1.82) is 0 Å². The number of aryl methyl sites for hydroxylation is 3. The molecule has 0 spiro atoms. The first kappa shape index (κ1) is 19.7. The second-order valence-corrected chi connectivity index (χ2v) is 6.55. The summed E-state index contributed by atoms with van der Waals surface area (Å²) in [5.74, 6) is 1.66. The summed E-state index contributed by atoms with van der Waals surface area (Å²) in [6, 6.07) is 10.2. The number of hydrogen-bond donors (Lipinski definition) is 2. The largest absolute Gasteiger partial charge is 0.361 e. The molecule has 0 aliphatic rings. The van der Waals surface area contributed by atoms with Crippen LogP contribution < -0.4 is 10.6 Å². The number of aliphatic imine (C=N–C) groups is 1. The zero-order chi connectivity index (χ0) is 19.9. The Morgan fingerprint density at radius 2 is 1.89 bits per heavy atom. The number of guanidine groups is 1. The Labute approximate surface area is 165 Å². The van der Waals surface area contributed by atoms with E-state index in [4.69, 9.17) is 4.52 Å². The van der Waals surface area contributed by atoms with Gasteiger partial charge in [-0.3, -0.25) is 4.99 Å². The third-order valence-electron chi connectivity index (χ3n) is 4.67. The van der Waals surface area contributed by atoms with Crippen LogP contribution in [0.2, 0.25) is 0 Å². The molecule has 3 rings (SSSR count). The summed E-state index contributed by atoms with van der Waals surface area (Å²) < 4.78 is 7.34. The first-order chi connectivity index (χ1) is 13.7. The fraction of sp³-hybridized carbons (Fsp3) is 0.381. The van der Waals surface area contributed by atoms with Crippen molar-refractivity contribution in [1.82, 2.24) is 25.6 Å². The van der Waals surface area contributed by atoms with Gasteiger partial charge in [0, 0.05) is 38.3 Å². The molecule has 0 saturated carbocycles. The number of nitrogens with zero attached hydrogens (tertiary/aromatic N) is 4. The van der Waals surface area contributed by atoms with Gasteiger partial charge in [0.15, 0.2) is 5.96 Å². The molecule has 7 heteroatoms. The monoisotopic (exact) mass is 380 g/mol. The van der Waals surface area contributed by atoms with Gasteiger partial charge in [-0.05, 0) is 31.0 Å². The van der Waals surface area contributed by atoms with E-state index in [1.165, 1.54) is 0 Å². The first-order valence-electron chi connectivity index (χ1n) is 9.67. The first-order valence-corrected chi connectivity index (χ1v) is 9.67. The van der Waals surface area contributed by atoms with Crippen LogP contribution in [0.5, 0.6) is 0 Å². The SMILES string of the molecule is CCc1noc(CC)c1CNC(=NC)NCc1ccccc1-n1ccc(C)n1. The lowest BCUT2D eigenvalue weighted by Crippen LogP contribution is -2.36. The van der Waals surface area contributed by atoms with Crippen molar-refractivity contribution in [3.8, 4) is 5.69 Å². The molecule has 2 heterocycles. The predicted molar refractivity (Wildman–Crippen MR) is 111 cm³/mol. The Hall–Kier alpha value is -3.09. The lowest BCUT2D eigenvalue weighted by Gasteiger charge is -2.14. The van der Waals surface area contributed by atoms with Gasteiger partial charge in [-0.2, -0.15) is 5.10 Å². The Morgan fingerprint density at radius 3 is 2.57 bits per heavy atom. The fourth-order valence-electron chi connectivity index (χ4n) is 3.14. The molecule has 2 N–H and O–H groups in total. The van der Waals surface area contributed by atoms with Crippen LogP contribution in [0.15, 0.2) is 46.0 Å². The van der Waals surface area contributed by atoms with E-state index in [2.05, 4.69) is 51.9 Å². The van der Waals surface area contributed by atoms with E-state index in [9.17, 15) is 0 Å². The number of aromatic nitrogens is 3. The quantitative estimate of drug-likeness (QED) is 0.486. The summed E-state index contributed by atoms with van der Waals surface area (Å²) in [7, 11) is 1.77. The molecule has 0 radical (unpaired) electrons. The molecule has 0 aliphatic carbocycles. The number of hydrogen-bond acceptors (Lipinski definition) is 4. The van der Waals surface area contributed by atoms with Gasteiger partial charge in [-0.1, -0.05) is 37.2 Å². The van der Waals surface area contributed by atoms with Gasteiger partial charge in [-0.15, -0.1) is 0 Å². The maximum absolute atomic E-state index is 5.44. The van der Waals surface area contributed by atoms with Crippen LogP contribution >= 0.6 is 0 Å². The summed E-state index contributed by atoms with van der Waals surface area (Å²) in [5.41, 5.74) is 5.31. The Kier molecular flexibility index (Phi) is 6.47. The van der Waals surface area contributed by atoms with E-state index in [0.29, 0.717) is 13.1 Å². The predicted octanol–water partition coefficient (Wildman–Crippen LogP) is 3.16. The maximum Gasteiger partial charge on any atom is 0.191 e. The van der Waals surface area contributed by atoms with Crippen molar-refractivity contribution in [2.24, 2.45) is 4.99 Å². The highest BCUT2D eigenvalue weighted by Gasteiger charge is 2.14. The van der Waals surface area contributed by atoms with Gasteiger partial charge in [0.1, 0.15) is 5.76 Å². The normalized spacial score (nSPS) is 11.6. The molecule has 2 aromatic heterocycles. The maximum atomic E-state index is 5.44. The molecule has 0 saturated heterocycles. The van der Waals surface area contributed by atoms with Crippen LogP contribution in [0.3, 0.4) is 0 Å². The average molecular weight is 380 g/mol. The molecule has 3 aromatic rings. The number of rotatable bonds is 7. The molecule has 148 valence electrons. The summed E-state index contributed by atoms with van der Waals surface area (Å²) in [5, 5.41) is 15.4. The summed E-state index contributed by atoms with van der Waals surface area (Å²) in [6.45, 7) is 7.42. The van der Waals surface area contributed by atoms with Crippen LogP contribution in [0.1, 0.15) is 42.1 Å². The van der Waals surface area contributed by atoms with Crippen LogP contribution in [-0.4, -0.2) is 27.9 Å². The van der Waals surface area contributed by atoms with Gasteiger partial charge in [0.05, 0.1) is 17.1 Å². The van der Waals surface area contributed by atoms with E-state index < -0.39 is 0 Å². The van der Waals surface area contributed by atoms with Crippen molar-refractivity contribution < 1.29 is 4.52 Å². The highest BCUT2D eigenvalue weighted by molar-refractivity contribution is 5.79. The van der Waals surface area contributed by atoms with Crippen molar-refractivity contribution in [2.45, 2.75) is 46.7 Å². The van der Waals surface area contributed by atoms with Crippen molar-refractivity contribution in [3.63, 3.8) is 0 Å². The number of para-hydroxylation sites is 1. The summed E-state index contributed by atoms with van der Waals surface area (Å²) in [6.07, 6.45) is 3.65. The molecule has 0 amide bonds. The lowest BCUT2D eigenvalue weighted by molar-refractivity contribution is 0.380. The van der Waals surface area contributed by atoms with E-state index in [-0.39, 0.29) is 0 Å². The van der Waals surface area contributed by atoms with E-state index >= 15 is 0 Å². The summed E-state index contributed by atoms with van der Waals surface area (Å²) >= 11 is 0. The Bertz CT molecular complexity index is 919. The summed E-state index contributed by atoms with van der Waals surface area (Å²) in [4.78, 5) is 4.34. The fourth-order valence-corrected chi connectivity index (χ4v) is 3.14. The van der Waals surface area contributed by atoms with Gasteiger partial charge in [0.2, 0.25) is 0 Å². The van der Waals surface area contributed by atoms with Crippen LogP contribution in [0, 0.1) is 6.92 Å². The van der Waals surface area contributed by atoms with E-state index in [1.54, 1.807) is 7.05 Å². The second kappa shape index (κ2) is 9.21. The van der Waals surface area contributed by atoms with Gasteiger partial charge in [0.25, 0.3) is 0 Å². The zero-order valence-corrected chi connectivity index (χ0v) is 17.0. The van der Waals surface area contributed by atoms with E-state index in [0.717, 1.165) is 52.8 Å². The van der Waals surface area contributed by atoms with Crippen LogP contribution in [0.4, 0.5) is 0 Å². The van der Waals surface area contributed by atoms with Gasteiger partial charge < -0.3 is 15.2 Å². The third-order valence-corrected chi connectivity index (χ3v) is 4.67. The van der Waals surface area contributed by atoms with Crippen LogP contribution in [0.25, 0.3) is 5.69 Å². The third kappa shape index (κ3) is 4.42. The van der Waals surface area contributed by atoms with Gasteiger partial charge >= 0.3 is 0 Å². The smallest absolute Gasteiger partial charge is 0.191 e. The lowest BCUT2D eigenvalue weighted by atomic mass is 10.1. The molecule has 28 heavy (non-hydrogen) atoms. The Morgan fingerprint density at radius 1 is 1.11 bits per heavy atom. The average Bonchev–Trinajstić information content (AvgIpc) is 3.33. The van der Waals surface area contributed by atoms with Crippen molar-refractivity contribution in [2.75, 3.05) is 7.05 Å². The Balaban J connectivity index is 1.67. The molecule has 0 bridgehead atoms. The molecule has 1 aromatic carbocycles. The topological polar surface area (TPSA) is 80.3 Å². The van der Waals surface area contributed by atoms with Crippen molar-refractivity contribution >= 4 is 5.96 Å². The zero-order valence-electron chi connectivity index (χ0n) is 17.0. The standard InChI is InChI=1S/C21H28N6O/c1-5-18-17(20(6-2)28-26-18)14-24-21(22-4)23-13-16-9-7-8-10-19(16)27-12-11-15(3)25-27/h7-12H,5-6,13-14H2,1-4H3,(H2,22,23,24). The number of nitrogens with one attached hydrogen (secondary N) is 2. The van der Waals surface area contributed by atoms with E-state index in [1.807, 2.05) is 36.0 Å². The minimum absolute atomic E-state index is 0.634. The molecule has 0 unspecified atom stereocenters. The molecule has 0 fully saturated rings. The molecular weight excluding hydrogens is 352 g/mol. The highest BCUT2D eigenvalue weighted by atomic mass is 16.5. The van der Waals surface area contributed by atoms with Crippen LogP contribution in [-0.2, 0) is 25.9 Å². The molecule has 7 nitrogen and oxygen atoms in total. The molecule has 0 aliphatic heterocycles. The van der Waals surface area contributed by atoms with Crippen molar-refractivity contribution in [3.05, 3.63) is 64.8 Å². The number of benzene rings is 1. The second-order valence-electron chi connectivity index (χ2n) is 6.55. The molecular formula is C21H28N6O.